The minimum atomic E-state index is -0.0360. The molecule has 0 heterocycles. The Morgan fingerprint density at radius 1 is 0.742 bits per heavy atom. The predicted molar refractivity (Wildman–Crippen MR) is 114 cm³/mol. The SMILES string of the molecule is Cc1cccc(C(c2cccc(C)c2)[C]2([Ti+3])C=CC(Cc3ccccc3)=C2)c1.[Cl-].[Cl-].[Cl-]. The van der Waals surface area contributed by atoms with Crippen LogP contribution >= 0.6 is 0 Å². The topological polar surface area (TPSA) is 0 Å². The molecule has 0 aromatic heterocycles. The minimum Gasteiger partial charge on any atom is -1.00 e. The van der Waals surface area contributed by atoms with Gasteiger partial charge in [0.1, 0.15) is 0 Å². The molecular formula is C27H25Cl3Ti. The Morgan fingerprint density at radius 2 is 1.29 bits per heavy atom. The molecule has 3 aromatic carbocycles. The van der Waals surface area contributed by atoms with E-state index in [4.69, 9.17) is 0 Å². The van der Waals surface area contributed by atoms with Crippen molar-refractivity contribution >= 4 is 0 Å². The number of rotatable bonds is 5. The van der Waals surface area contributed by atoms with E-state index >= 15 is 0 Å². The van der Waals surface area contributed by atoms with E-state index in [1.807, 2.05) is 0 Å². The Bertz CT molecular complexity index is 998. The first kappa shape index (κ1) is 27.8. The van der Waals surface area contributed by atoms with E-state index < -0.39 is 0 Å². The zero-order valence-corrected chi connectivity index (χ0v) is 21.5. The van der Waals surface area contributed by atoms with Crippen LogP contribution in [0.15, 0.2) is 103 Å². The van der Waals surface area contributed by atoms with Gasteiger partial charge in [0.2, 0.25) is 0 Å². The molecule has 1 aliphatic rings. The van der Waals surface area contributed by atoms with Crippen LogP contribution in [0.1, 0.15) is 33.7 Å². The standard InChI is InChI=1S/C27H25.3ClH.Ti/c1-20-8-6-12-24(16-20)27(25-13-7-9-21(2)17-25)26-15-14-23(19-26)18-22-10-4-3-5-11-22;;;;/h3-17,19,27H,18H2,1-2H3;3*1H;/q;;;;+3/p-3. The van der Waals surface area contributed by atoms with Gasteiger partial charge in [0.25, 0.3) is 0 Å². The van der Waals surface area contributed by atoms with Crippen molar-refractivity contribution in [2.45, 2.75) is 29.9 Å². The van der Waals surface area contributed by atoms with Gasteiger partial charge in [-0.3, -0.25) is 0 Å². The van der Waals surface area contributed by atoms with Crippen LogP contribution in [-0.2, 0) is 26.9 Å². The molecule has 4 heteroatoms. The van der Waals surface area contributed by atoms with E-state index in [9.17, 15) is 0 Å². The average Bonchev–Trinajstić information content (AvgIpc) is 3.04. The third-order valence-electron chi connectivity index (χ3n) is 5.48. The average molecular weight is 504 g/mol. The fraction of sp³-hybridized carbons (Fsp3) is 0.185. The van der Waals surface area contributed by atoms with E-state index in [1.54, 1.807) is 0 Å². The molecule has 0 saturated carbocycles. The number of benzene rings is 3. The first-order valence-corrected chi connectivity index (χ1v) is 10.6. The summed E-state index contributed by atoms with van der Waals surface area (Å²) in [5.74, 6) is 0.303. The van der Waals surface area contributed by atoms with Gasteiger partial charge >= 0.3 is 181 Å². The number of halogens is 3. The summed E-state index contributed by atoms with van der Waals surface area (Å²) in [6.07, 6.45) is 8.20. The summed E-state index contributed by atoms with van der Waals surface area (Å²) in [4.78, 5) is 0. The fourth-order valence-corrected chi connectivity index (χ4v) is 5.15. The van der Waals surface area contributed by atoms with Crippen molar-refractivity contribution < 1.29 is 57.7 Å². The Morgan fingerprint density at radius 3 is 1.81 bits per heavy atom. The van der Waals surface area contributed by atoms with Crippen LogP contribution in [0.4, 0.5) is 0 Å². The van der Waals surface area contributed by atoms with E-state index in [0.717, 1.165) is 6.42 Å². The van der Waals surface area contributed by atoms with E-state index in [-0.39, 0.29) is 40.9 Å². The van der Waals surface area contributed by atoms with Gasteiger partial charge in [-0.1, -0.05) is 0 Å². The van der Waals surface area contributed by atoms with Crippen LogP contribution in [0, 0.1) is 13.8 Å². The first-order chi connectivity index (χ1) is 13.5. The van der Waals surface area contributed by atoms with Gasteiger partial charge in [0, 0.05) is 0 Å². The van der Waals surface area contributed by atoms with Crippen LogP contribution in [0.3, 0.4) is 0 Å². The maximum absolute atomic E-state index is 2.48. The normalized spacial score (nSPS) is 16.7. The van der Waals surface area contributed by atoms with E-state index in [1.165, 1.54) is 33.4 Å². The summed E-state index contributed by atoms with van der Waals surface area (Å²) in [6, 6.07) is 28.7. The van der Waals surface area contributed by atoms with Crippen LogP contribution in [0.5, 0.6) is 0 Å². The Kier molecular flexibility index (Phi) is 10.8. The summed E-state index contributed by atoms with van der Waals surface area (Å²) in [7, 11) is 0. The summed E-state index contributed by atoms with van der Waals surface area (Å²) >= 11 is 2.37. The molecular weight excluding hydrogens is 479 g/mol. The molecule has 0 radical (unpaired) electrons. The molecule has 4 rings (SSSR count). The van der Waals surface area contributed by atoms with E-state index in [2.05, 4.69) is 131 Å². The van der Waals surface area contributed by atoms with Crippen molar-refractivity contribution in [3.8, 4) is 0 Å². The smallest absolute Gasteiger partial charge is 1.00 e. The van der Waals surface area contributed by atoms with Crippen LogP contribution in [0.2, 0.25) is 3.72 Å². The molecule has 0 N–H and O–H groups in total. The Hall–Kier alpha value is -1.28. The molecule has 1 unspecified atom stereocenters. The second-order valence-electron chi connectivity index (χ2n) is 7.91. The maximum Gasteiger partial charge on any atom is -1.00 e. The third kappa shape index (κ3) is 6.61. The van der Waals surface area contributed by atoms with Crippen molar-refractivity contribution in [2.24, 2.45) is 0 Å². The van der Waals surface area contributed by atoms with Gasteiger partial charge in [0.05, 0.1) is 0 Å². The first-order valence-electron chi connectivity index (χ1n) is 9.86. The molecule has 158 valence electrons. The number of allylic oxidation sites excluding steroid dienone is 4. The van der Waals surface area contributed by atoms with Gasteiger partial charge in [-0.25, -0.2) is 0 Å². The van der Waals surface area contributed by atoms with Crippen molar-refractivity contribution in [2.75, 3.05) is 0 Å². The van der Waals surface area contributed by atoms with Gasteiger partial charge in [-0.15, -0.1) is 0 Å². The zero-order valence-electron chi connectivity index (χ0n) is 17.7. The van der Waals surface area contributed by atoms with Gasteiger partial charge in [-0.05, 0) is 0 Å². The molecule has 0 saturated heterocycles. The molecule has 0 spiro atoms. The zero-order chi connectivity index (χ0) is 19.6. The second-order valence-corrected chi connectivity index (χ2v) is 9.26. The molecule has 31 heavy (non-hydrogen) atoms. The maximum atomic E-state index is 2.48. The van der Waals surface area contributed by atoms with Gasteiger partial charge in [-0.2, -0.15) is 0 Å². The second kappa shape index (κ2) is 12.1. The predicted octanol–water partition coefficient (Wildman–Crippen LogP) is -2.11. The molecule has 0 bridgehead atoms. The number of hydrogen-bond donors (Lipinski definition) is 0. The van der Waals surface area contributed by atoms with Gasteiger partial charge < -0.3 is 37.2 Å². The molecule has 0 fully saturated rings. The van der Waals surface area contributed by atoms with Crippen molar-refractivity contribution in [3.63, 3.8) is 0 Å². The number of hydrogen-bond acceptors (Lipinski definition) is 0. The summed E-state index contributed by atoms with van der Waals surface area (Å²) < 4.78 is -0.0360. The summed E-state index contributed by atoms with van der Waals surface area (Å²) in [5, 5.41) is 0. The Balaban J connectivity index is 0.00000160. The van der Waals surface area contributed by atoms with Crippen LogP contribution in [-0.4, -0.2) is 0 Å². The van der Waals surface area contributed by atoms with Crippen molar-refractivity contribution in [1.82, 2.24) is 0 Å². The molecule has 0 aliphatic heterocycles. The minimum absolute atomic E-state index is 0. The summed E-state index contributed by atoms with van der Waals surface area (Å²) in [6.45, 7) is 4.36. The Labute approximate surface area is 216 Å². The van der Waals surface area contributed by atoms with Crippen molar-refractivity contribution in [1.29, 1.82) is 0 Å². The fourth-order valence-electron chi connectivity index (χ4n) is 4.21. The largest absolute Gasteiger partial charge is 1.00 e. The summed E-state index contributed by atoms with van der Waals surface area (Å²) in [5.41, 5.74) is 8.16. The molecule has 1 atom stereocenters. The molecule has 0 nitrogen and oxygen atoms in total. The van der Waals surface area contributed by atoms with Gasteiger partial charge in [0.15, 0.2) is 0 Å². The van der Waals surface area contributed by atoms with E-state index in [0.29, 0.717) is 5.92 Å². The molecule has 1 aliphatic carbocycles. The third-order valence-corrected chi connectivity index (χ3v) is 6.41. The quantitative estimate of drug-likeness (QED) is 0.350. The monoisotopic (exact) mass is 502 g/mol. The van der Waals surface area contributed by atoms with Crippen LogP contribution < -0.4 is 37.2 Å². The molecule has 3 aromatic rings. The van der Waals surface area contributed by atoms with Crippen molar-refractivity contribution in [3.05, 3.63) is 130 Å². The molecule has 0 amide bonds. The van der Waals surface area contributed by atoms with Crippen LogP contribution in [0.25, 0.3) is 0 Å². The number of aryl methyl sites for hydroxylation is 2.